The van der Waals surface area contributed by atoms with Gasteiger partial charge in [0.15, 0.2) is 0 Å². The van der Waals surface area contributed by atoms with Crippen molar-refractivity contribution >= 4 is 5.97 Å². The van der Waals surface area contributed by atoms with Crippen molar-refractivity contribution in [3.05, 3.63) is 29.3 Å². The number of piperidine rings is 1. The number of aromatic hydroxyl groups is 1. The van der Waals surface area contributed by atoms with Gasteiger partial charge in [0, 0.05) is 24.1 Å². The van der Waals surface area contributed by atoms with Crippen LogP contribution in [0.15, 0.2) is 18.2 Å². The molecule has 0 radical (unpaired) electrons. The summed E-state index contributed by atoms with van der Waals surface area (Å²) < 4.78 is 5.75. The molecule has 1 aliphatic heterocycles. The van der Waals surface area contributed by atoms with E-state index in [9.17, 15) is 9.90 Å². The number of benzene rings is 1. The van der Waals surface area contributed by atoms with Crippen LogP contribution < -0.4 is 5.32 Å². The first kappa shape index (κ1) is 16.9. The van der Waals surface area contributed by atoms with Gasteiger partial charge in [-0.25, -0.2) is 0 Å². The molecule has 0 spiro atoms. The highest BCUT2D eigenvalue weighted by Gasteiger charge is 2.44. The number of nitrogens with one attached hydrogen (secondary N) is 1. The minimum Gasteiger partial charge on any atom is -0.507 e. The van der Waals surface area contributed by atoms with E-state index in [4.69, 9.17) is 4.74 Å². The zero-order valence-corrected chi connectivity index (χ0v) is 14.9. The zero-order chi connectivity index (χ0) is 17.2. The molecule has 3 aliphatic rings. The van der Waals surface area contributed by atoms with Gasteiger partial charge in [0.1, 0.15) is 11.9 Å². The molecule has 3 unspecified atom stereocenters. The monoisotopic (exact) mass is 343 g/mol. The van der Waals surface area contributed by atoms with Crippen LogP contribution in [0.4, 0.5) is 0 Å². The molecule has 25 heavy (non-hydrogen) atoms. The third-order valence-electron chi connectivity index (χ3n) is 6.40. The van der Waals surface area contributed by atoms with Crippen LogP contribution in [-0.4, -0.2) is 29.8 Å². The minimum atomic E-state index is -0.209. The lowest BCUT2D eigenvalue weighted by atomic mass is 9.89. The molecule has 2 aliphatic carbocycles. The van der Waals surface area contributed by atoms with E-state index in [1.54, 1.807) is 0 Å². The number of phenolic OH excluding ortho intramolecular Hbond substituents is 1. The lowest BCUT2D eigenvalue weighted by molar-refractivity contribution is -0.149. The van der Waals surface area contributed by atoms with Crippen LogP contribution in [0, 0.1) is 5.92 Å². The predicted octanol–water partition coefficient (Wildman–Crippen LogP) is 3.67. The van der Waals surface area contributed by atoms with Crippen LogP contribution >= 0.6 is 0 Å². The Morgan fingerprint density at radius 2 is 1.92 bits per heavy atom. The molecule has 3 atom stereocenters. The molecule has 1 aromatic rings. The molecule has 4 rings (SSSR count). The average Bonchev–Trinajstić information content (AvgIpc) is 3.04. The van der Waals surface area contributed by atoms with E-state index in [1.165, 1.54) is 25.7 Å². The van der Waals surface area contributed by atoms with Gasteiger partial charge >= 0.3 is 5.97 Å². The Hall–Kier alpha value is -1.55. The maximum absolute atomic E-state index is 12.4. The van der Waals surface area contributed by atoms with Gasteiger partial charge in [-0.15, -0.1) is 0 Å². The molecule has 136 valence electrons. The van der Waals surface area contributed by atoms with Gasteiger partial charge in [0.2, 0.25) is 0 Å². The normalized spacial score (nSPS) is 29.5. The van der Waals surface area contributed by atoms with E-state index < -0.39 is 0 Å². The van der Waals surface area contributed by atoms with E-state index >= 15 is 0 Å². The molecule has 1 aromatic carbocycles. The second kappa shape index (κ2) is 7.36. The van der Waals surface area contributed by atoms with Crippen molar-refractivity contribution < 1.29 is 14.6 Å². The number of carbonyl (C=O) groups is 1. The lowest BCUT2D eigenvalue weighted by Crippen LogP contribution is -2.31. The zero-order valence-electron chi connectivity index (χ0n) is 14.9. The molecule has 3 fully saturated rings. The molecule has 2 bridgehead atoms. The number of ether oxygens (including phenoxy) is 1. The molecule has 0 amide bonds. The van der Waals surface area contributed by atoms with E-state index in [0.717, 1.165) is 37.8 Å². The van der Waals surface area contributed by atoms with E-state index in [1.807, 2.05) is 18.2 Å². The maximum Gasteiger partial charge on any atom is 0.310 e. The predicted molar refractivity (Wildman–Crippen MR) is 96.6 cm³/mol. The third kappa shape index (κ3) is 3.55. The third-order valence-corrected chi connectivity index (χ3v) is 6.40. The van der Waals surface area contributed by atoms with Crippen molar-refractivity contribution in [2.24, 2.45) is 5.92 Å². The van der Waals surface area contributed by atoms with Gasteiger partial charge in [-0.1, -0.05) is 43.9 Å². The summed E-state index contributed by atoms with van der Waals surface area (Å²) in [7, 11) is 0. The number of esters is 1. The van der Waals surface area contributed by atoms with Crippen molar-refractivity contribution in [2.75, 3.05) is 6.54 Å². The summed E-state index contributed by atoms with van der Waals surface area (Å²) in [6, 6.07) is 6.20. The lowest BCUT2D eigenvalue weighted by Gasteiger charge is -2.19. The van der Waals surface area contributed by atoms with Gasteiger partial charge in [-0.3, -0.25) is 4.79 Å². The minimum absolute atomic E-state index is 0.0275. The molecule has 1 saturated heterocycles. The first-order chi connectivity index (χ1) is 12.2. The SMILES string of the molecule is O=C(Cc1cccc(C2CCCCCC2)c1O)OC1C2CCC1NC2. The summed E-state index contributed by atoms with van der Waals surface area (Å²) in [5, 5.41) is 14.2. The van der Waals surface area contributed by atoms with Crippen LogP contribution in [0.25, 0.3) is 0 Å². The Morgan fingerprint density at radius 3 is 2.56 bits per heavy atom. The van der Waals surface area contributed by atoms with Crippen molar-refractivity contribution in [3.8, 4) is 5.75 Å². The first-order valence-electron chi connectivity index (χ1n) is 9.96. The number of fused-ring (bicyclic) bond motifs is 2. The van der Waals surface area contributed by atoms with Crippen molar-refractivity contribution in [1.82, 2.24) is 5.32 Å². The second-order valence-corrected chi connectivity index (χ2v) is 8.03. The summed E-state index contributed by atoms with van der Waals surface area (Å²) in [6.07, 6.45) is 9.77. The standard InChI is InChI=1S/C21H29NO3/c23-19(25-21-16-10-11-18(21)22-13-16)12-15-8-5-9-17(20(15)24)14-6-3-1-2-4-7-14/h5,8-9,14,16,18,21-22,24H,1-4,6-7,10-13H2. The molecular weight excluding hydrogens is 314 g/mol. The van der Waals surface area contributed by atoms with E-state index in [-0.39, 0.29) is 18.5 Å². The highest BCUT2D eigenvalue weighted by atomic mass is 16.5. The quantitative estimate of drug-likeness (QED) is 0.647. The number of rotatable bonds is 4. The summed E-state index contributed by atoms with van der Waals surface area (Å²) in [5.41, 5.74) is 1.74. The van der Waals surface area contributed by atoms with E-state index in [2.05, 4.69) is 5.32 Å². The summed E-state index contributed by atoms with van der Waals surface area (Å²) in [6.45, 7) is 0.963. The fourth-order valence-electron chi connectivity index (χ4n) is 4.99. The summed E-state index contributed by atoms with van der Waals surface area (Å²) in [4.78, 5) is 12.4. The maximum atomic E-state index is 12.4. The Balaban J connectivity index is 1.43. The van der Waals surface area contributed by atoms with Gasteiger partial charge in [-0.2, -0.15) is 0 Å². The van der Waals surface area contributed by atoms with Gasteiger partial charge in [0.05, 0.1) is 6.42 Å². The summed E-state index contributed by atoms with van der Waals surface area (Å²) >= 11 is 0. The Bertz CT molecular complexity index is 602. The van der Waals surface area contributed by atoms with E-state index in [0.29, 0.717) is 29.2 Å². The molecule has 4 heteroatoms. The molecular formula is C21H29NO3. The molecule has 2 saturated carbocycles. The Morgan fingerprint density at radius 1 is 1.12 bits per heavy atom. The Labute approximate surface area is 150 Å². The average molecular weight is 343 g/mol. The summed E-state index contributed by atoms with van der Waals surface area (Å²) in [5.74, 6) is 1.01. The van der Waals surface area contributed by atoms with Crippen LogP contribution in [0.2, 0.25) is 0 Å². The second-order valence-electron chi connectivity index (χ2n) is 8.03. The number of hydrogen-bond donors (Lipinski definition) is 2. The smallest absolute Gasteiger partial charge is 0.310 e. The van der Waals surface area contributed by atoms with Crippen LogP contribution in [0.5, 0.6) is 5.75 Å². The topological polar surface area (TPSA) is 58.6 Å². The molecule has 0 aromatic heterocycles. The number of phenols is 1. The fraction of sp³-hybridized carbons (Fsp3) is 0.667. The fourth-order valence-corrected chi connectivity index (χ4v) is 4.99. The first-order valence-corrected chi connectivity index (χ1v) is 9.96. The van der Waals surface area contributed by atoms with Gasteiger partial charge in [-0.05, 0) is 37.2 Å². The number of carbonyl (C=O) groups excluding carboxylic acids is 1. The molecule has 4 nitrogen and oxygen atoms in total. The van der Waals surface area contributed by atoms with Crippen molar-refractivity contribution in [1.29, 1.82) is 0 Å². The Kier molecular flexibility index (Phi) is 4.98. The van der Waals surface area contributed by atoms with Crippen molar-refractivity contribution in [3.63, 3.8) is 0 Å². The van der Waals surface area contributed by atoms with Crippen LogP contribution in [0.3, 0.4) is 0 Å². The number of para-hydroxylation sites is 1. The van der Waals surface area contributed by atoms with Gasteiger partial charge < -0.3 is 15.2 Å². The van der Waals surface area contributed by atoms with Crippen LogP contribution in [0.1, 0.15) is 68.4 Å². The largest absolute Gasteiger partial charge is 0.507 e. The van der Waals surface area contributed by atoms with Crippen molar-refractivity contribution in [2.45, 2.75) is 75.9 Å². The van der Waals surface area contributed by atoms with Gasteiger partial charge in [0.25, 0.3) is 0 Å². The highest BCUT2D eigenvalue weighted by molar-refractivity contribution is 5.74. The molecule has 2 N–H and O–H groups in total. The van der Waals surface area contributed by atoms with Crippen LogP contribution in [-0.2, 0) is 16.0 Å². The molecule has 1 heterocycles. The number of hydrogen-bond acceptors (Lipinski definition) is 4. The highest BCUT2D eigenvalue weighted by Crippen LogP contribution is 2.38.